The van der Waals surface area contributed by atoms with Crippen molar-refractivity contribution in [2.75, 3.05) is 4.90 Å². The van der Waals surface area contributed by atoms with Crippen molar-refractivity contribution in [3.05, 3.63) is 58.5 Å². The number of benzene rings is 1. The lowest BCUT2D eigenvalue weighted by molar-refractivity contribution is -0.118. The quantitative estimate of drug-likeness (QED) is 0.727. The minimum absolute atomic E-state index is 0.179. The second-order valence-corrected chi connectivity index (χ2v) is 7.26. The van der Waals surface area contributed by atoms with E-state index in [1.807, 2.05) is 47.5 Å². The zero-order chi connectivity index (χ0) is 18.4. The minimum atomic E-state index is 0.179. The monoisotopic (exact) mass is 348 g/mol. The summed E-state index contributed by atoms with van der Waals surface area (Å²) >= 11 is 0. The molecule has 3 heterocycles. The second kappa shape index (κ2) is 6.24. The molecule has 0 saturated heterocycles. The zero-order valence-corrected chi connectivity index (χ0v) is 15.8. The summed E-state index contributed by atoms with van der Waals surface area (Å²) in [5.41, 5.74) is 7.32. The summed E-state index contributed by atoms with van der Waals surface area (Å²) in [7, 11) is 0. The molecule has 134 valence electrons. The maximum Gasteiger partial charge on any atom is 0.227 e. The zero-order valence-electron chi connectivity index (χ0n) is 15.8. The van der Waals surface area contributed by atoms with Crippen molar-refractivity contribution < 1.29 is 4.79 Å². The highest BCUT2D eigenvalue weighted by Crippen LogP contribution is 2.32. The van der Waals surface area contributed by atoms with Crippen LogP contribution in [-0.4, -0.2) is 26.5 Å². The lowest BCUT2D eigenvalue weighted by Crippen LogP contribution is -2.35. The average Bonchev–Trinajstić information content (AvgIpc) is 3.13. The molecule has 1 atom stereocenters. The Morgan fingerprint density at radius 2 is 2.00 bits per heavy atom. The molecule has 0 bridgehead atoms. The number of para-hydroxylation sites is 1. The van der Waals surface area contributed by atoms with Crippen LogP contribution in [0.4, 0.5) is 5.69 Å². The third-order valence-corrected chi connectivity index (χ3v) is 5.35. The van der Waals surface area contributed by atoms with E-state index in [0.717, 1.165) is 40.4 Å². The van der Waals surface area contributed by atoms with E-state index in [9.17, 15) is 4.79 Å². The smallest absolute Gasteiger partial charge is 0.227 e. The normalized spacial score (nSPS) is 16.3. The van der Waals surface area contributed by atoms with Crippen molar-refractivity contribution in [1.29, 1.82) is 0 Å². The molecule has 1 aromatic carbocycles. The van der Waals surface area contributed by atoms with E-state index in [-0.39, 0.29) is 11.9 Å². The van der Waals surface area contributed by atoms with E-state index in [1.165, 1.54) is 5.56 Å². The van der Waals surface area contributed by atoms with Gasteiger partial charge in [0.2, 0.25) is 5.91 Å². The first-order valence-corrected chi connectivity index (χ1v) is 9.18. The molecule has 0 saturated carbocycles. The van der Waals surface area contributed by atoms with Gasteiger partial charge in [-0.25, -0.2) is 9.50 Å². The van der Waals surface area contributed by atoms with E-state index in [2.05, 4.69) is 30.0 Å². The van der Waals surface area contributed by atoms with E-state index in [1.54, 1.807) is 0 Å². The van der Waals surface area contributed by atoms with Gasteiger partial charge in [0.1, 0.15) is 0 Å². The Labute approximate surface area is 153 Å². The van der Waals surface area contributed by atoms with Gasteiger partial charge in [-0.1, -0.05) is 18.2 Å². The lowest BCUT2D eigenvalue weighted by atomic mass is 10.1. The Hall–Kier alpha value is -2.69. The fourth-order valence-corrected chi connectivity index (χ4v) is 4.10. The average molecular weight is 348 g/mol. The molecule has 1 amide bonds. The number of hydrogen-bond donors (Lipinski definition) is 0. The predicted octanol–water partition coefficient (Wildman–Crippen LogP) is 3.56. The Morgan fingerprint density at radius 3 is 2.81 bits per heavy atom. The van der Waals surface area contributed by atoms with Crippen LogP contribution in [0.3, 0.4) is 0 Å². The third-order valence-electron chi connectivity index (χ3n) is 5.35. The maximum absolute atomic E-state index is 13.0. The summed E-state index contributed by atoms with van der Waals surface area (Å²) in [6, 6.07) is 10.4. The number of anilines is 1. The van der Waals surface area contributed by atoms with Gasteiger partial charge in [0.15, 0.2) is 5.65 Å². The van der Waals surface area contributed by atoms with Gasteiger partial charge in [0, 0.05) is 35.6 Å². The highest BCUT2D eigenvalue weighted by Gasteiger charge is 2.30. The lowest BCUT2D eigenvalue weighted by Gasteiger charge is -2.23. The summed E-state index contributed by atoms with van der Waals surface area (Å²) in [6.07, 6.45) is 2.09. The highest BCUT2D eigenvalue weighted by molar-refractivity contribution is 5.96. The van der Waals surface area contributed by atoms with Crippen LogP contribution in [0.15, 0.2) is 30.3 Å². The molecular formula is C21H24N4O. The first kappa shape index (κ1) is 16.8. The SMILES string of the molecule is Cc1cc2nc(C)c(CCC(=O)N3c4ccccc4CC3C)c(C)n2n1. The van der Waals surface area contributed by atoms with E-state index in [4.69, 9.17) is 0 Å². The van der Waals surface area contributed by atoms with Gasteiger partial charge in [0.25, 0.3) is 0 Å². The topological polar surface area (TPSA) is 50.5 Å². The molecule has 0 aliphatic carbocycles. The molecule has 5 heteroatoms. The van der Waals surface area contributed by atoms with Crippen LogP contribution in [0.5, 0.6) is 0 Å². The number of amides is 1. The largest absolute Gasteiger partial charge is 0.309 e. The first-order valence-electron chi connectivity index (χ1n) is 9.18. The van der Waals surface area contributed by atoms with Crippen molar-refractivity contribution in [2.45, 2.75) is 53.0 Å². The molecule has 0 fully saturated rings. The summed E-state index contributed by atoms with van der Waals surface area (Å²) in [5.74, 6) is 0.179. The molecule has 0 radical (unpaired) electrons. The number of rotatable bonds is 3. The van der Waals surface area contributed by atoms with E-state index >= 15 is 0 Å². The van der Waals surface area contributed by atoms with Crippen molar-refractivity contribution in [1.82, 2.24) is 14.6 Å². The molecular weight excluding hydrogens is 324 g/mol. The summed E-state index contributed by atoms with van der Waals surface area (Å²) in [6.45, 7) is 8.16. The van der Waals surface area contributed by atoms with Crippen LogP contribution in [0.2, 0.25) is 0 Å². The fraction of sp³-hybridized carbons (Fsp3) is 0.381. The van der Waals surface area contributed by atoms with Crippen LogP contribution in [0.25, 0.3) is 5.65 Å². The minimum Gasteiger partial charge on any atom is -0.309 e. The van der Waals surface area contributed by atoms with Crippen molar-refractivity contribution in [3.8, 4) is 0 Å². The molecule has 1 unspecified atom stereocenters. The predicted molar refractivity (Wildman–Crippen MR) is 103 cm³/mol. The van der Waals surface area contributed by atoms with Gasteiger partial charge in [-0.05, 0) is 57.7 Å². The number of carbonyl (C=O) groups is 1. The third kappa shape index (κ3) is 2.68. The van der Waals surface area contributed by atoms with Gasteiger partial charge in [-0.3, -0.25) is 4.79 Å². The van der Waals surface area contributed by atoms with E-state index < -0.39 is 0 Å². The molecule has 0 N–H and O–H groups in total. The van der Waals surface area contributed by atoms with E-state index in [0.29, 0.717) is 12.8 Å². The maximum atomic E-state index is 13.0. The standard InChI is InChI=1S/C21H24N4O/c1-13-11-20-22-15(3)18(16(4)25(20)23-13)9-10-21(26)24-14(2)12-17-7-5-6-8-19(17)24/h5-8,11,14H,9-10,12H2,1-4H3. The van der Waals surface area contributed by atoms with Gasteiger partial charge in [-0.15, -0.1) is 0 Å². The van der Waals surface area contributed by atoms with Crippen molar-refractivity contribution in [3.63, 3.8) is 0 Å². The van der Waals surface area contributed by atoms with Crippen molar-refractivity contribution in [2.24, 2.45) is 0 Å². The number of aromatic nitrogens is 3. The molecule has 1 aliphatic rings. The Morgan fingerprint density at radius 1 is 1.23 bits per heavy atom. The summed E-state index contributed by atoms with van der Waals surface area (Å²) < 4.78 is 1.88. The molecule has 2 aromatic heterocycles. The van der Waals surface area contributed by atoms with Crippen LogP contribution < -0.4 is 4.90 Å². The molecule has 3 aromatic rings. The molecule has 0 spiro atoms. The molecule has 4 rings (SSSR count). The van der Waals surface area contributed by atoms with Crippen LogP contribution in [0, 0.1) is 20.8 Å². The Kier molecular flexibility index (Phi) is 4.02. The Bertz CT molecular complexity index is 1000. The van der Waals surface area contributed by atoms with Crippen molar-refractivity contribution >= 4 is 17.2 Å². The van der Waals surface area contributed by atoms with Crippen LogP contribution >= 0.6 is 0 Å². The summed E-state index contributed by atoms with van der Waals surface area (Å²) in [4.78, 5) is 19.6. The first-order chi connectivity index (χ1) is 12.5. The fourth-order valence-electron chi connectivity index (χ4n) is 4.10. The van der Waals surface area contributed by atoms with Gasteiger partial charge in [-0.2, -0.15) is 5.10 Å². The highest BCUT2D eigenvalue weighted by atomic mass is 16.2. The van der Waals surface area contributed by atoms with Crippen LogP contribution in [-0.2, 0) is 17.6 Å². The number of carbonyl (C=O) groups excluding carboxylic acids is 1. The van der Waals surface area contributed by atoms with Crippen LogP contribution in [0.1, 0.15) is 41.6 Å². The molecule has 1 aliphatic heterocycles. The number of hydrogen-bond acceptors (Lipinski definition) is 3. The van der Waals surface area contributed by atoms with Gasteiger partial charge in [0.05, 0.1) is 5.69 Å². The molecule has 5 nitrogen and oxygen atoms in total. The number of fused-ring (bicyclic) bond motifs is 2. The second-order valence-electron chi connectivity index (χ2n) is 7.26. The summed E-state index contributed by atoms with van der Waals surface area (Å²) in [5, 5.41) is 4.52. The van der Waals surface area contributed by atoms with Gasteiger partial charge < -0.3 is 4.90 Å². The van der Waals surface area contributed by atoms with Gasteiger partial charge >= 0.3 is 0 Å². The number of nitrogens with zero attached hydrogens (tertiary/aromatic N) is 4. The number of aryl methyl sites for hydroxylation is 3. The molecule has 26 heavy (non-hydrogen) atoms. The Balaban J connectivity index is 1.58.